The van der Waals surface area contributed by atoms with Crippen LogP contribution in [0.25, 0.3) is 22.2 Å². The Morgan fingerprint density at radius 3 is 2.76 bits per heavy atom. The molecule has 0 bridgehead atoms. The summed E-state index contributed by atoms with van der Waals surface area (Å²) >= 11 is 0. The van der Waals surface area contributed by atoms with Crippen molar-refractivity contribution in [1.82, 2.24) is 19.7 Å². The molecule has 0 saturated carbocycles. The zero-order valence-electron chi connectivity index (χ0n) is 15.3. The van der Waals surface area contributed by atoms with Crippen molar-refractivity contribution in [1.29, 1.82) is 0 Å². The van der Waals surface area contributed by atoms with Gasteiger partial charge in [0.15, 0.2) is 0 Å². The number of rotatable bonds is 7. The van der Waals surface area contributed by atoms with Crippen molar-refractivity contribution in [3.63, 3.8) is 0 Å². The highest BCUT2D eigenvalue weighted by Crippen LogP contribution is 2.30. The molecule has 152 valence electrons. The first kappa shape index (κ1) is 20.6. The number of hydrogen-bond donors (Lipinski definition) is 3. The van der Waals surface area contributed by atoms with Gasteiger partial charge in [-0.2, -0.15) is 0 Å². The highest BCUT2D eigenvalue weighted by molar-refractivity contribution is 7.89. The number of aromatic nitrogens is 3. The smallest absolute Gasteiger partial charge is 0.335 e. The number of carboxylic acid groups (broad SMARTS) is 1. The molecular formula is C18H18FN5O4S. The fourth-order valence-corrected chi connectivity index (χ4v) is 3.59. The van der Waals surface area contributed by atoms with Gasteiger partial charge < -0.3 is 10.8 Å². The van der Waals surface area contributed by atoms with Gasteiger partial charge in [0, 0.05) is 12.1 Å². The minimum Gasteiger partial charge on any atom is -0.478 e. The number of aromatic carboxylic acids is 1. The predicted octanol–water partition coefficient (Wildman–Crippen LogP) is 1.52. The summed E-state index contributed by atoms with van der Waals surface area (Å²) in [5, 5.41) is 17.4. The second kappa shape index (κ2) is 8.07. The van der Waals surface area contributed by atoms with Crippen molar-refractivity contribution in [2.75, 3.05) is 13.6 Å². The van der Waals surface area contributed by atoms with Crippen LogP contribution in [0, 0.1) is 0 Å². The molecule has 0 fully saturated rings. The second-order valence-corrected chi connectivity index (χ2v) is 7.95. The van der Waals surface area contributed by atoms with E-state index in [-0.39, 0.29) is 23.5 Å². The molecule has 0 saturated heterocycles. The number of halogens is 1. The third kappa shape index (κ3) is 4.16. The Morgan fingerprint density at radius 1 is 1.34 bits per heavy atom. The van der Waals surface area contributed by atoms with E-state index in [0.717, 1.165) is 0 Å². The average Bonchev–Trinajstić information content (AvgIpc) is 3.10. The van der Waals surface area contributed by atoms with E-state index in [1.54, 1.807) is 6.07 Å². The molecule has 0 spiro atoms. The fourth-order valence-electron chi connectivity index (χ4n) is 2.81. The molecule has 0 unspecified atom stereocenters. The topological polar surface area (TPSA) is 140 Å². The molecule has 3 aromatic rings. The Kier molecular flexibility index (Phi) is 5.73. The van der Waals surface area contributed by atoms with Gasteiger partial charge in [-0.05, 0) is 43.0 Å². The number of carboxylic acids is 1. The van der Waals surface area contributed by atoms with Crippen LogP contribution in [-0.4, -0.2) is 48.1 Å². The fraction of sp³-hybridized carbons (Fsp3) is 0.167. The van der Waals surface area contributed by atoms with Crippen LogP contribution in [0.4, 0.5) is 4.39 Å². The minimum atomic E-state index is -3.70. The number of benzene rings is 2. The number of carbonyl (C=O) groups is 1. The Labute approximate surface area is 165 Å². The minimum absolute atomic E-state index is 0.00990. The summed E-state index contributed by atoms with van der Waals surface area (Å²) in [5.41, 5.74) is 6.64. The molecule has 4 N–H and O–H groups in total. The lowest BCUT2D eigenvalue weighted by Gasteiger charge is -2.08. The molecule has 1 aromatic heterocycles. The monoisotopic (exact) mass is 419 g/mol. The van der Waals surface area contributed by atoms with E-state index in [2.05, 4.69) is 15.0 Å². The molecule has 0 amide bonds. The molecule has 3 rings (SSSR count). The zero-order valence-corrected chi connectivity index (χ0v) is 16.1. The third-order valence-corrected chi connectivity index (χ3v) is 5.64. The van der Waals surface area contributed by atoms with Crippen molar-refractivity contribution in [2.45, 2.75) is 11.4 Å². The largest absolute Gasteiger partial charge is 0.478 e. The van der Waals surface area contributed by atoms with Gasteiger partial charge in [0.05, 0.1) is 22.5 Å². The van der Waals surface area contributed by atoms with Crippen LogP contribution in [0.3, 0.4) is 0 Å². The van der Waals surface area contributed by atoms with Crippen LogP contribution in [-0.2, 0) is 16.6 Å². The SMILES string of the molecule is CNS(=O)(=O)c1cccc(-c2cc(C(=O)O)cc3c2nnn3C/C(F)=C/CN)c1. The Hall–Kier alpha value is -3.15. The van der Waals surface area contributed by atoms with Gasteiger partial charge in [0.2, 0.25) is 10.0 Å². The summed E-state index contributed by atoms with van der Waals surface area (Å²) in [6, 6.07) is 8.69. The summed E-state index contributed by atoms with van der Waals surface area (Å²) in [6.45, 7) is -0.249. The molecule has 0 atom stereocenters. The maximum Gasteiger partial charge on any atom is 0.335 e. The molecule has 11 heteroatoms. The summed E-state index contributed by atoms with van der Waals surface area (Å²) in [7, 11) is -2.41. The summed E-state index contributed by atoms with van der Waals surface area (Å²) in [5.74, 6) is -1.73. The maximum absolute atomic E-state index is 13.9. The molecule has 0 aliphatic rings. The van der Waals surface area contributed by atoms with Crippen LogP contribution in [0.5, 0.6) is 0 Å². The van der Waals surface area contributed by atoms with Crippen LogP contribution < -0.4 is 10.5 Å². The Bertz CT molecular complexity index is 1220. The van der Waals surface area contributed by atoms with E-state index in [1.165, 1.54) is 48.1 Å². The number of fused-ring (bicyclic) bond motifs is 1. The van der Waals surface area contributed by atoms with Gasteiger partial charge in [-0.1, -0.05) is 17.3 Å². The van der Waals surface area contributed by atoms with E-state index in [1.807, 2.05) is 0 Å². The van der Waals surface area contributed by atoms with Crippen molar-refractivity contribution in [2.24, 2.45) is 5.73 Å². The Morgan fingerprint density at radius 2 is 2.10 bits per heavy atom. The van der Waals surface area contributed by atoms with E-state index >= 15 is 0 Å². The van der Waals surface area contributed by atoms with E-state index in [9.17, 15) is 22.7 Å². The first-order valence-corrected chi connectivity index (χ1v) is 9.94. The number of nitrogens with two attached hydrogens (primary N) is 1. The van der Waals surface area contributed by atoms with Gasteiger partial charge in [-0.15, -0.1) is 5.10 Å². The molecular weight excluding hydrogens is 401 g/mol. The lowest BCUT2D eigenvalue weighted by molar-refractivity contribution is 0.0697. The lowest BCUT2D eigenvalue weighted by Crippen LogP contribution is -2.18. The van der Waals surface area contributed by atoms with Crippen LogP contribution >= 0.6 is 0 Å². The van der Waals surface area contributed by atoms with E-state index in [0.29, 0.717) is 22.2 Å². The second-order valence-electron chi connectivity index (χ2n) is 6.07. The summed E-state index contributed by atoms with van der Waals surface area (Å²) < 4.78 is 41.6. The number of hydrogen-bond acceptors (Lipinski definition) is 6. The molecule has 0 aliphatic carbocycles. The molecule has 0 aliphatic heterocycles. The van der Waals surface area contributed by atoms with Gasteiger partial charge in [0.25, 0.3) is 0 Å². The number of allylic oxidation sites excluding steroid dienone is 1. The van der Waals surface area contributed by atoms with Crippen molar-refractivity contribution in [3.05, 3.63) is 53.9 Å². The molecule has 1 heterocycles. The number of nitrogens with one attached hydrogen (secondary N) is 1. The third-order valence-electron chi connectivity index (χ3n) is 4.23. The normalized spacial score (nSPS) is 12.4. The molecule has 2 aromatic carbocycles. The molecule has 29 heavy (non-hydrogen) atoms. The predicted molar refractivity (Wildman–Crippen MR) is 104 cm³/mol. The van der Waals surface area contributed by atoms with E-state index in [4.69, 9.17) is 5.73 Å². The van der Waals surface area contributed by atoms with Crippen LogP contribution in [0.2, 0.25) is 0 Å². The van der Waals surface area contributed by atoms with Crippen molar-refractivity contribution in [3.8, 4) is 11.1 Å². The van der Waals surface area contributed by atoms with Gasteiger partial charge in [-0.3, -0.25) is 0 Å². The highest BCUT2D eigenvalue weighted by Gasteiger charge is 2.18. The summed E-state index contributed by atoms with van der Waals surface area (Å²) in [4.78, 5) is 11.6. The van der Waals surface area contributed by atoms with Gasteiger partial charge in [-0.25, -0.2) is 27.0 Å². The van der Waals surface area contributed by atoms with Gasteiger partial charge in [0.1, 0.15) is 11.3 Å². The summed E-state index contributed by atoms with van der Waals surface area (Å²) in [6.07, 6.45) is 1.18. The van der Waals surface area contributed by atoms with E-state index < -0.39 is 21.8 Å². The van der Waals surface area contributed by atoms with Crippen LogP contribution in [0.1, 0.15) is 10.4 Å². The maximum atomic E-state index is 13.9. The quantitative estimate of drug-likeness (QED) is 0.527. The Balaban J connectivity index is 2.23. The van der Waals surface area contributed by atoms with Crippen LogP contribution in [0.15, 0.2) is 53.2 Å². The standard InChI is InChI=1S/C18H18FN5O4S/c1-21-29(27,28)14-4-2-3-11(7-14)15-8-12(18(25)26)9-16-17(15)22-23-24(16)10-13(19)5-6-20/h2-5,7-9,21H,6,10,20H2,1H3,(H,25,26)/b13-5-. The first-order valence-electron chi connectivity index (χ1n) is 8.46. The first-order chi connectivity index (χ1) is 13.8. The average molecular weight is 419 g/mol. The highest BCUT2D eigenvalue weighted by atomic mass is 32.2. The molecule has 9 nitrogen and oxygen atoms in total. The number of sulfonamides is 1. The molecule has 0 radical (unpaired) electrons. The van der Waals surface area contributed by atoms with Crippen molar-refractivity contribution >= 4 is 27.0 Å². The zero-order chi connectivity index (χ0) is 21.2. The lowest BCUT2D eigenvalue weighted by atomic mass is 10.0. The van der Waals surface area contributed by atoms with Gasteiger partial charge >= 0.3 is 5.97 Å². The van der Waals surface area contributed by atoms with Crippen molar-refractivity contribution < 1.29 is 22.7 Å². The number of nitrogens with zero attached hydrogens (tertiary/aromatic N) is 3.